The van der Waals surface area contributed by atoms with E-state index in [0.717, 1.165) is 31.2 Å². The Morgan fingerprint density at radius 3 is 2.50 bits per heavy atom. The minimum atomic E-state index is -0.833. The van der Waals surface area contributed by atoms with Crippen molar-refractivity contribution in [3.05, 3.63) is 23.8 Å². The van der Waals surface area contributed by atoms with E-state index >= 15 is 0 Å². The fourth-order valence-corrected chi connectivity index (χ4v) is 3.44. The minimum absolute atomic E-state index is 0.0264. The smallest absolute Gasteiger partial charge is 0.319 e. The molecule has 2 aliphatic carbocycles. The molecule has 0 unspecified atom stereocenters. The van der Waals surface area contributed by atoms with E-state index in [-0.39, 0.29) is 36.5 Å². The number of urea groups is 1. The molecule has 0 aliphatic heterocycles. The molecular formula is C20H28N4O4. The Kier molecular flexibility index (Phi) is 6.18. The first-order valence-corrected chi connectivity index (χ1v) is 9.80. The van der Waals surface area contributed by atoms with Crippen molar-refractivity contribution in [1.82, 2.24) is 10.2 Å². The average molecular weight is 388 g/mol. The van der Waals surface area contributed by atoms with E-state index in [1.54, 1.807) is 6.07 Å². The summed E-state index contributed by atoms with van der Waals surface area (Å²) in [6, 6.07) is 5.39. The molecule has 0 heterocycles. The fraction of sp³-hybridized carbons (Fsp3) is 0.550. The predicted molar refractivity (Wildman–Crippen MR) is 106 cm³/mol. The van der Waals surface area contributed by atoms with Gasteiger partial charge in [0.25, 0.3) is 0 Å². The quantitative estimate of drug-likeness (QED) is 0.547. The van der Waals surface area contributed by atoms with Crippen LogP contribution in [0.1, 0.15) is 38.2 Å². The molecule has 0 saturated heterocycles. The summed E-state index contributed by atoms with van der Waals surface area (Å²) in [5.74, 6) is -0.682. The highest BCUT2D eigenvalue weighted by Gasteiger charge is 2.34. The van der Waals surface area contributed by atoms with Crippen LogP contribution in [-0.2, 0) is 9.59 Å². The van der Waals surface area contributed by atoms with E-state index in [0.29, 0.717) is 17.9 Å². The number of amides is 3. The Morgan fingerprint density at radius 2 is 1.89 bits per heavy atom. The Hall–Kier alpha value is -2.61. The van der Waals surface area contributed by atoms with Crippen LogP contribution in [0.15, 0.2) is 18.2 Å². The number of carbonyl (C=O) groups is 3. The number of carbonyl (C=O) groups excluding carboxylic acids is 2. The van der Waals surface area contributed by atoms with Crippen LogP contribution < -0.4 is 16.0 Å². The maximum Gasteiger partial charge on any atom is 0.319 e. The number of rotatable bonds is 8. The van der Waals surface area contributed by atoms with E-state index in [9.17, 15) is 14.4 Å². The van der Waals surface area contributed by atoms with E-state index < -0.39 is 5.97 Å². The van der Waals surface area contributed by atoms with Crippen molar-refractivity contribution >= 4 is 29.3 Å². The lowest BCUT2D eigenvalue weighted by molar-refractivity contribution is -0.139. The average Bonchev–Trinajstić information content (AvgIpc) is 3.44. The second kappa shape index (κ2) is 8.60. The number of nitrogens with one attached hydrogen (secondary N) is 3. The van der Waals surface area contributed by atoms with E-state index in [1.807, 2.05) is 30.9 Å². The summed E-state index contributed by atoms with van der Waals surface area (Å²) >= 11 is 0. The minimum Gasteiger partial charge on any atom is -0.480 e. The van der Waals surface area contributed by atoms with Gasteiger partial charge >= 0.3 is 12.0 Å². The van der Waals surface area contributed by atoms with Gasteiger partial charge < -0.3 is 21.1 Å². The zero-order chi connectivity index (χ0) is 20.3. The van der Waals surface area contributed by atoms with Gasteiger partial charge in [-0.25, -0.2) is 4.79 Å². The van der Waals surface area contributed by atoms with Gasteiger partial charge in [0.05, 0.1) is 6.54 Å². The van der Waals surface area contributed by atoms with E-state index in [4.69, 9.17) is 5.11 Å². The fourth-order valence-electron chi connectivity index (χ4n) is 3.44. The van der Waals surface area contributed by atoms with Crippen LogP contribution in [0.4, 0.5) is 16.2 Å². The topological polar surface area (TPSA) is 111 Å². The van der Waals surface area contributed by atoms with Crippen molar-refractivity contribution in [3.63, 3.8) is 0 Å². The summed E-state index contributed by atoms with van der Waals surface area (Å²) in [4.78, 5) is 37.0. The molecule has 4 N–H and O–H groups in total. The number of hydrogen-bond acceptors (Lipinski definition) is 4. The molecule has 0 bridgehead atoms. The van der Waals surface area contributed by atoms with Crippen LogP contribution in [0.5, 0.6) is 0 Å². The van der Waals surface area contributed by atoms with Crippen LogP contribution in [0, 0.1) is 12.8 Å². The highest BCUT2D eigenvalue weighted by molar-refractivity contribution is 5.96. The summed E-state index contributed by atoms with van der Waals surface area (Å²) < 4.78 is 0. The summed E-state index contributed by atoms with van der Waals surface area (Å²) in [7, 11) is 0. The van der Waals surface area contributed by atoms with Gasteiger partial charge in [0, 0.05) is 29.4 Å². The van der Waals surface area contributed by atoms with E-state index in [1.165, 1.54) is 0 Å². The van der Waals surface area contributed by atoms with Gasteiger partial charge in [-0.3, -0.25) is 14.5 Å². The first kappa shape index (κ1) is 20.1. The first-order valence-electron chi connectivity index (χ1n) is 9.80. The molecule has 0 aromatic heterocycles. The maximum absolute atomic E-state index is 12.3. The second-order valence-corrected chi connectivity index (χ2v) is 7.67. The molecule has 3 rings (SSSR count). The third-order valence-corrected chi connectivity index (χ3v) is 5.41. The standard InChI is InChI=1S/C20H28N4O4/c1-3-24(11-18(25)26)16-8-15(9-16)22-20(28)23-17-10-14(7-4-12(17)2)21-19(27)13-5-6-13/h4,7,10,13,15-16H,3,5-6,8-9,11H2,1-2H3,(H,21,27)(H,25,26)(H2,22,23,28). The number of anilines is 2. The number of likely N-dealkylation sites (N-methyl/N-ethyl adjacent to an activating group) is 1. The second-order valence-electron chi connectivity index (χ2n) is 7.67. The van der Waals surface area contributed by atoms with Gasteiger partial charge in [0.15, 0.2) is 0 Å². The SMILES string of the molecule is CCN(CC(=O)O)C1CC(NC(=O)Nc2cc(NC(=O)C3CC3)ccc2C)C1. The summed E-state index contributed by atoms with van der Waals surface area (Å²) in [6.07, 6.45) is 3.36. The molecule has 8 heteroatoms. The molecule has 1 aromatic rings. The largest absolute Gasteiger partial charge is 0.480 e. The Bertz CT molecular complexity index is 757. The van der Waals surface area contributed by atoms with Gasteiger partial charge in [-0.05, 0) is 56.8 Å². The lowest BCUT2D eigenvalue weighted by Gasteiger charge is -2.42. The molecule has 8 nitrogen and oxygen atoms in total. The highest BCUT2D eigenvalue weighted by atomic mass is 16.4. The molecule has 1 aromatic carbocycles. The van der Waals surface area contributed by atoms with Gasteiger partial charge in [-0.15, -0.1) is 0 Å². The summed E-state index contributed by atoms with van der Waals surface area (Å²) in [6.45, 7) is 4.54. The molecule has 0 atom stereocenters. The lowest BCUT2D eigenvalue weighted by atomic mass is 9.85. The molecule has 152 valence electrons. The Morgan fingerprint density at radius 1 is 1.18 bits per heavy atom. The Balaban J connectivity index is 1.48. The Labute approximate surface area is 164 Å². The number of aryl methyl sites for hydroxylation is 1. The molecule has 28 heavy (non-hydrogen) atoms. The third-order valence-electron chi connectivity index (χ3n) is 5.41. The molecule has 3 amide bonds. The summed E-state index contributed by atoms with van der Waals surface area (Å²) in [5, 5.41) is 17.6. The van der Waals surface area contributed by atoms with Gasteiger partial charge in [-0.1, -0.05) is 13.0 Å². The third kappa shape index (κ3) is 5.22. The predicted octanol–water partition coefficient (Wildman–Crippen LogP) is 2.40. The first-order chi connectivity index (χ1) is 13.4. The van der Waals surface area contributed by atoms with Crippen molar-refractivity contribution in [1.29, 1.82) is 0 Å². The normalized spacial score (nSPS) is 21.0. The highest BCUT2D eigenvalue weighted by Crippen LogP contribution is 2.31. The number of hydrogen-bond donors (Lipinski definition) is 4. The van der Waals surface area contributed by atoms with Crippen molar-refractivity contribution in [2.45, 2.75) is 51.6 Å². The number of aliphatic carboxylic acids is 1. The number of benzene rings is 1. The van der Waals surface area contributed by atoms with Gasteiger partial charge in [0.1, 0.15) is 0 Å². The number of nitrogens with zero attached hydrogens (tertiary/aromatic N) is 1. The van der Waals surface area contributed by atoms with Gasteiger partial charge in [0.2, 0.25) is 5.91 Å². The van der Waals surface area contributed by atoms with E-state index in [2.05, 4.69) is 16.0 Å². The maximum atomic E-state index is 12.3. The van der Waals surface area contributed by atoms with Crippen LogP contribution in [0.25, 0.3) is 0 Å². The number of carboxylic acid groups (broad SMARTS) is 1. The monoisotopic (exact) mass is 388 g/mol. The zero-order valence-corrected chi connectivity index (χ0v) is 16.3. The van der Waals surface area contributed by atoms with Crippen molar-refractivity contribution in [2.24, 2.45) is 5.92 Å². The van der Waals surface area contributed by atoms with Crippen LogP contribution in [0.2, 0.25) is 0 Å². The molecule has 0 radical (unpaired) electrons. The van der Waals surface area contributed by atoms with Crippen LogP contribution in [0.3, 0.4) is 0 Å². The molecule has 2 saturated carbocycles. The molecule has 2 aliphatic rings. The lowest BCUT2D eigenvalue weighted by Crippen LogP contribution is -2.55. The molecular weight excluding hydrogens is 360 g/mol. The number of carboxylic acids is 1. The van der Waals surface area contributed by atoms with Crippen molar-refractivity contribution in [3.8, 4) is 0 Å². The van der Waals surface area contributed by atoms with Crippen molar-refractivity contribution < 1.29 is 19.5 Å². The zero-order valence-electron chi connectivity index (χ0n) is 16.3. The van der Waals surface area contributed by atoms with Crippen LogP contribution >= 0.6 is 0 Å². The van der Waals surface area contributed by atoms with Gasteiger partial charge in [-0.2, -0.15) is 0 Å². The summed E-state index contributed by atoms with van der Waals surface area (Å²) in [5.41, 5.74) is 2.24. The molecule has 0 spiro atoms. The molecule has 2 fully saturated rings. The van der Waals surface area contributed by atoms with Crippen molar-refractivity contribution in [2.75, 3.05) is 23.7 Å². The van der Waals surface area contributed by atoms with Crippen LogP contribution in [-0.4, -0.2) is 53.1 Å².